The van der Waals surface area contributed by atoms with Crippen LogP contribution in [0, 0.1) is 0 Å². The molecule has 3 atom stereocenters. The molecule has 0 saturated heterocycles. The topological polar surface area (TPSA) is 154 Å². The number of cyclic esters (lactones) is 1. The second-order valence-corrected chi connectivity index (χ2v) is 13.9. The first kappa shape index (κ1) is 43.2. The van der Waals surface area contributed by atoms with Gasteiger partial charge in [-0.25, -0.2) is 9.59 Å². The number of rotatable bonds is 32. The predicted molar refractivity (Wildman–Crippen MR) is 186 cm³/mol. The number of aliphatic hydroxyl groups excluding tert-OH is 3. The number of unbranched alkanes of at least 4 members (excludes halogenated alkanes) is 24. The van der Waals surface area contributed by atoms with E-state index in [1.54, 1.807) is 0 Å². The molecule has 47 heavy (non-hydrogen) atoms. The maximum atomic E-state index is 13.3. The Balaban J connectivity index is 2.52. The normalized spacial score (nSPS) is 17.5. The van der Waals surface area contributed by atoms with Gasteiger partial charge in [0.05, 0.1) is 0 Å². The summed E-state index contributed by atoms with van der Waals surface area (Å²) in [6.45, 7) is 3.25. The molecule has 0 radical (unpaired) electrons. The Bertz CT molecular complexity index is 860. The van der Waals surface area contributed by atoms with E-state index in [-0.39, 0.29) is 12.8 Å². The molecule has 9 heteroatoms. The van der Waals surface area contributed by atoms with Crippen molar-refractivity contribution >= 4 is 11.9 Å². The van der Waals surface area contributed by atoms with Gasteiger partial charge in [-0.3, -0.25) is 0 Å². The fourth-order valence-corrected chi connectivity index (χ4v) is 6.38. The molecule has 0 aromatic rings. The quantitative estimate of drug-likeness (QED) is 0.0268. The molecule has 5 N–H and O–H groups in total. The molecule has 1 rings (SSSR count). The van der Waals surface area contributed by atoms with Crippen LogP contribution in [0.1, 0.15) is 194 Å². The van der Waals surface area contributed by atoms with Crippen molar-refractivity contribution in [3.05, 3.63) is 11.5 Å². The average Bonchev–Trinajstić information content (AvgIpc) is 3.32. The molecule has 0 aliphatic carbocycles. The van der Waals surface area contributed by atoms with E-state index in [0.717, 1.165) is 38.5 Å². The average molecular weight is 671 g/mol. The first-order valence-corrected chi connectivity index (χ1v) is 19.3. The molecule has 1 heterocycles. The number of esters is 2. The minimum absolute atomic E-state index is 0.126. The molecule has 0 fully saturated rings. The van der Waals surface area contributed by atoms with Crippen LogP contribution in [-0.2, 0) is 19.1 Å². The number of carbonyl (C=O) groups is 2. The molecular formula is C38H70O9. The first-order valence-electron chi connectivity index (χ1n) is 19.3. The minimum Gasteiger partial charge on any atom is -0.505 e. The van der Waals surface area contributed by atoms with E-state index in [4.69, 9.17) is 9.47 Å². The number of ether oxygens (including phenoxy) is 2. The van der Waals surface area contributed by atoms with Gasteiger partial charge in [0.25, 0.3) is 5.79 Å². The van der Waals surface area contributed by atoms with Crippen molar-refractivity contribution in [1.82, 2.24) is 0 Å². The zero-order valence-electron chi connectivity index (χ0n) is 30.0. The third kappa shape index (κ3) is 17.9. The van der Waals surface area contributed by atoms with Crippen molar-refractivity contribution in [2.75, 3.05) is 6.61 Å². The molecule has 1 aliphatic heterocycles. The Kier molecular flexibility index (Phi) is 24.0. The molecular weight excluding hydrogens is 600 g/mol. The lowest BCUT2D eigenvalue weighted by Crippen LogP contribution is -2.54. The van der Waals surface area contributed by atoms with Gasteiger partial charge in [-0.05, 0) is 25.7 Å². The summed E-state index contributed by atoms with van der Waals surface area (Å²) in [7, 11) is 0. The first-order chi connectivity index (χ1) is 22.6. The van der Waals surface area contributed by atoms with Crippen LogP contribution in [0.15, 0.2) is 11.5 Å². The van der Waals surface area contributed by atoms with Crippen molar-refractivity contribution in [2.24, 2.45) is 0 Å². The van der Waals surface area contributed by atoms with E-state index in [1.165, 1.54) is 116 Å². The molecule has 0 bridgehead atoms. The Hall–Kier alpha value is -1.84. The van der Waals surface area contributed by atoms with Gasteiger partial charge in [0, 0.05) is 0 Å². The maximum absolute atomic E-state index is 13.3. The van der Waals surface area contributed by atoms with Crippen molar-refractivity contribution in [1.29, 1.82) is 0 Å². The number of hydrogen-bond donors (Lipinski definition) is 5. The predicted octanol–water partition coefficient (Wildman–Crippen LogP) is 9.16. The summed E-state index contributed by atoms with van der Waals surface area (Å²) in [6.07, 6.45) is 28.4. The molecule has 9 nitrogen and oxygen atoms in total. The highest BCUT2D eigenvalue weighted by Crippen LogP contribution is 2.32. The highest BCUT2D eigenvalue weighted by atomic mass is 16.7. The third-order valence-corrected chi connectivity index (χ3v) is 9.58. The number of carbonyl (C=O) groups excluding carboxylic acids is 2. The lowest BCUT2D eigenvalue weighted by atomic mass is 9.89. The molecule has 0 amide bonds. The molecule has 276 valence electrons. The summed E-state index contributed by atoms with van der Waals surface area (Å²) >= 11 is 0. The Morgan fingerprint density at radius 2 is 0.936 bits per heavy atom. The molecule has 0 aromatic heterocycles. The Morgan fingerprint density at radius 3 is 1.21 bits per heavy atom. The van der Waals surface area contributed by atoms with E-state index in [2.05, 4.69) is 13.8 Å². The molecule has 0 aromatic carbocycles. The molecule has 0 saturated carbocycles. The SMILES string of the molecule is CCCCCCCCCCCCCCCCC(O)(CCCCCCCCCCCCCC)C(=O)O[C@](O)(CO)[C@H]1OC(=O)C(O)=C1O. The van der Waals surface area contributed by atoms with E-state index >= 15 is 0 Å². The lowest BCUT2D eigenvalue weighted by molar-refractivity contribution is -0.269. The van der Waals surface area contributed by atoms with E-state index in [9.17, 15) is 35.1 Å². The largest absolute Gasteiger partial charge is 0.505 e. The summed E-state index contributed by atoms with van der Waals surface area (Å²) in [5.74, 6) is -7.50. The highest BCUT2D eigenvalue weighted by molar-refractivity contribution is 5.89. The van der Waals surface area contributed by atoms with Crippen molar-refractivity contribution < 1.29 is 44.6 Å². The van der Waals surface area contributed by atoms with Gasteiger partial charge in [-0.15, -0.1) is 0 Å². The standard InChI is InChI=1S/C38H70O9/c1-3-5-7-9-11-13-15-17-18-20-22-24-26-28-30-37(44,29-27-25-23-21-19-16-14-12-10-8-6-4-2)36(43)47-38(45,31-39)34-32(40)33(41)35(42)46-34/h34,39-41,44-45H,3-31H2,1-2H3/t34-,37?,38+/m0/s1. The van der Waals surface area contributed by atoms with Crippen LogP contribution < -0.4 is 0 Å². The minimum atomic E-state index is -2.86. The van der Waals surface area contributed by atoms with Crippen molar-refractivity contribution in [3.63, 3.8) is 0 Å². The Morgan fingerprint density at radius 1 is 0.617 bits per heavy atom. The van der Waals surface area contributed by atoms with Gasteiger partial charge in [0.15, 0.2) is 11.4 Å². The van der Waals surface area contributed by atoms with Gasteiger partial charge < -0.3 is 35.0 Å². The van der Waals surface area contributed by atoms with Crippen LogP contribution in [0.25, 0.3) is 0 Å². The molecule has 0 spiro atoms. The van der Waals surface area contributed by atoms with Crippen molar-refractivity contribution in [3.8, 4) is 0 Å². The van der Waals surface area contributed by atoms with Gasteiger partial charge in [-0.2, -0.15) is 0 Å². The smallest absolute Gasteiger partial charge is 0.378 e. The lowest BCUT2D eigenvalue weighted by Gasteiger charge is -2.34. The second-order valence-electron chi connectivity index (χ2n) is 13.9. The van der Waals surface area contributed by atoms with Crippen LogP contribution >= 0.6 is 0 Å². The fourth-order valence-electron chi connectivity index (χ4n) is 6.38. The summed E-state index contributed by atoms with van der Waals surface area (Å²) in [5.41, 5.74) is -1.91. The van der Waals surface area contributed by atoms with Gasteiger partial charge in [-0.1, -0.05) is 168 Å². The Labute approximate surface area is 285 Å². The van der Waals surface area contributed by atoms with Crippen molar-refractivity contribution in [2.45, 2.75) is 211 Å². The van der Waals surface area contributed by atoms with E-state index in [1.807, 2.05) is 0 Å². The number of aliphatic hydroxyl groups is 5. The summed E-state index contributed by atoms with van der Waals surface area (Å²) in [5, 5.41) is 51.9. The van der Waals surface area contributed by atoms with Crippen LogP contribution in [0.4, 0.5) is 0 Å². The summed E-state index contributed by atoms with van der Waals surface area (Å²) in [6, 6.07) is 0. The molecule has 1 unspecified atom stereocenters. The molecule has 1 aliphatic rings. The zero-order valence-corrected chi connectivity index (χ0v) is 30.0. The fraction of sp³-hybridized carbons (Fsp3) is 0.895. The highest BCUT2D eigenvalue weighted by Gasteiger charge is 2.54. The number of hydrogen-bond acceptors (Lipinski definition) is 9. The van der Waals surface area contributed by atoms with Crippen LogP contribution in [0.5, 0.6) is 0 Å². The third-order valence-electron chi connectivity index (χ3n) is 9.58. The van der Waals surface area contributed by atoms with Gasteiger partial charge >= 0.3 is 11.9 Å². The zero-order chi connectivity index (χ0) is 34.8. The second kappa shape index (κ2) is 26.1. The van der Waals surface area contributed by atoms with Crippen LogP contribution in [0.2, 0.25) is 0 Å². The van der Waals surface area contributed by atoms with Crippen LogP contribution in [0.3, 0.4) is 0 Å². The van der Waals surface area contributed by atoms with Gasteiger partial charge in [0.1, 0.15) is 6.61 Å². The maximum Gasteiger partial charge on any atom is 0.378 e. The summed E-state index contributed by atoms with van der Waals surface area (Å²) in [4.78, 5) is 25.0. The van der Waals surface area contributed by atoms with Gasteiger partial charge in [0.2, 0.25) is 11.9 Å². The van der Waals surface area contributed by atoms with E-state index in [0.29, 0.717) is 12.8 Å². The van der Waals surface area contributed by atoms with E-state index < -0.39 is 47.6 Å². The summed E-state index contributed by atoms with van der Waals surface area (Å²) < 4.78 is 9.90. The monoisotopic (exact) mass is 671 g/mol. The van der Waals surface area contributed by atoms with Crippen LogP contribution in [-0.4, -0.2) is 61.6 Å².